The number of nitrogens with one attached hydrogen (secondary N) is 1. The highest BCUT2D eigenvalue weighted by Gasteiger charge is 2.04. The molecule has 0 saturated heterocycles. The van der Waals surface area contributed by atoms with E-state index < -0.39 is 0 Å². The van der Waals surface area contributed by atoms with Crippen LogP contribution in [0.5, 0.6) is 0 Å². The minimum absolute atomic E-state index is 0.158. The molecule has 0 aliphatic carbocycles. The number of halogens is 1. The molecule has 0 aliphatic rings. The van der Waals surface area contributed by atoms with Crippen LogP contribution in [0.4, 0.5) is 4.39 Å². The van der Waals surface area contributed by atoms with Crippen molar-refractivity contribution >= 4 is 0 Å². The fourth-order valence-electron chi connectivity index (χ4n) is 1.59. The molecule has 15 heavy (non-hydrogen) atoms. The van der Waals surface area contributed by atoms with Crippen LogP contribution in [0, 0.1) is 5.82 Å². The molecule has 1 atom stereocenters. The van der Waals surface area contributed by atoms with Crippen molar-refractivity contribution in [1.29, 1.82) is 0 Å². The first kappa shape index (κ1) is 12.2. The number of hydrogen-bond acceptors (Lipinski definition) is 1. The van der Waals surface area contributed by atoms with E-state index in [1.54, 1.807) is 12.1 Å². The van der Waals surface area contributed by atoms with Gasteiger partial charge in [-0.05, 0) is 37.6 Å². The van der Waals surface area contributed by atoms with Crippen LogP contribution in [0.1, 0.15) is 44.7 Å². The summed E-state index contributed by atoms with van der Waals surface area (Å²) in [5.41, 5.74) is 1.02. The zero-order chi connectivity index (χ0) is 11.1. The standard InChI is InChI=1S/C13H20FN/c1-3-4-5-9-15-11(2)12-7-6-8-13(14)10-12/h6-8,10-11,15H,3-5,9H2,1-2H3. The molecule has 0 spiro atoms. The normalized spacial score (nSPS) is 12.7. The summed E-state index contributed by atoms with van der Waals surface area (Å²) in [5, 5.41) is 3.39. The minimum atomic E-state index is -0.158. The van der Waals surface area contributed by atoms with Crippen LogP contribution >= 0.6 is 0 Å². The summed E-state index contributed by atoms with van der Waals surface area (Å²) >= 11 is 0. The second kappa shape index (κ2) is 6.57. The maximum Gasteiger partial charge on any atom is 0.123 e. The second-order valence-electron chi connectivity index (χ2n) is 3.94. The number of hydrogen-bond donors (Lipinski definition) is 1. The van der Waals surface area contributed by atoms with Crippen molar-refractivity contribution in [2.45, 2.75) is 39.2 Å². The van der Waals surface area contributed by atoms with Crippen molar-refractivity contribution in [3.8, 4) is 0 Å². The van der Waals surface area contributed by atoms with Crippen molar-refractivity contribution in [1.82, 2.24) is 5.32 Å². The maximum atomic E-state index is 12.9. The lowest BCUT2D eigenvalue weighted by molar-refractivity contribution is 0.539. The third-order valence-corrected chi connectivity index (χ3v) is 2.58. The van der Waals surface area contributed by atoms with E-state index in [1.807, 2.05) is 6.07 Å². The molecule has 1 aromatic carbocycles. The smallest absolute Gasteiger partial charge is 0.123 e. The van der Waals surface area contributed by atoms with Gasteiger partial charge in [-0.3, -0.25) is 0 Å². The van der Waals surface area contributed by atoms with E-state index in [1.165, 1.54) is 25.3 Å². The van der Waals surface area contributed by atoms with Crippen LogP contribution < -0.4 is 5.32 Å². The highest BCUT2D eigenvalue weighted by Crippen LogP contribution is 2.13. The molecule has 0 amide bonds. The van der Waals surface area contributed by atoms with Crippen molar-refractivity contribution in [2.24, 2.45) is 0 Å². The molecule has 0 fully saturated rings. The minimum Gasteiger partial charge on any atom is -0.310 e. The quantitative estimate of drug-likeness (QED) is 0.705. The Kier molecular flexibility index (Phi) is 5.33. The first-order valence-corrected chi connectivity index (χ1v) is 5.73. The van der Waals surface area contributed by atoms with Crippen molar-refractivity contribution in [2.75, 3.05) is 6.54 Å². The monoisotopic (exact) mass is 209 g/mol. The predicted octanol–water partition coefficient (Wildman–Crippen LogP) is 3.67. The van der Waals surface area contributed by atoms with Gasteiger partial charge in [-0.2, -0.15) is 0 Å². The molecule has 0 bridgehead atoms. The van der Waals surface area contributed by atoms with Gasteiger partial charge in [0.15, 0.2) is 0 Å². The number of benzene rings is 1. The van der Waals surface area contributed by atoms with Gasteiger partial charge in [-0.25, -0.2) is 4.39 Å². The Morgan fingerprint density at radius 1 is 1.33 bits per heavy atom. The van der Waals surface area contributed by atoms with Crippen LogP contribution in [0.3, 0.4) is 0 Å². The molecule has 0 heterocycles. The zero-order valence-electron chi connectivity index (χ0n) is 9.59. The van der Waals surface area contributed by atoms with Crippen LogP contribution in [-0.4, -0.2) is 6.54 Å². The Morgan fingerprint density at radius 2 is 2.13 bits per heavy atom. The van der Waals surface area contributed by atoms with Gasteiger partial charge in [-0.15, -0.1) is 0 Å². The van der Waals surface area contributed by atoms with Gasteiger partial charge in [-0.1, -0.05) is 31.9 Å². The molecule has 0 saturated carbocycles. The number of unbranched alkanes of at least 4 members (excludes halogenated alkanes) is 2. The average molecular weight is 209 g/mol. The fraction of sp³-hybridized carbons (Fsp3) is 0.538. The Morgan fingerprint density at radius 3 is 2.80 bits per heavy atom. The third-order valence-electron chi connectivity index (χ3n) is 2.58. The van der Waals surface area contributed by atoms with E-state index in [0.29, 0.717) is 0 Å². The summed E-state index contributed by atoms with van der Waals surface area (Å²) in [4.78, 5) is 0. The first-order chi connectivity index (χ1) is 7.24. The van der Waals surface area contributed by atoms with Crippen LogP contribution in [0.2, 0.25) is 0 Å². The van der Waals surface area contributed by atoms with Crippen LogP contribution in [0.25, 0.3) is 0 Å². The number of rotatable bonds is 6. The maximum absolute atomic E-state index is 12.9. The summed E-state index contributed by atoms with van der Waals surface area (Å²) in [6.07, 6.45) is 3.68. The van der Waals surface area contributed by atoms with Gasteiger partial charge in [0.05, 0.1) is 0 Å². The largest absolute Gasteiger partial charge is 0.310 e. The van der Waals surface area contributed by atoms with E-state index in [2.05, 4.69) is 19.2 Å². The van der Waals surface area contributed by atoms with Crippen molar-refractivity contribution in [3.05, 3.63) is 35.6 Å². The highest BCUT2D eigenvalue weighted by atomic mass is 19.1. The zero-order valence-corrected chi connectivity index (χ0v) is 9.59. The first-order valence-electron chi connectivity index (χ1n) is 5.73. The Hall–Kier alpha value is -0.890. The van der Waals surface area contributed by atoms with Gasteiger partial charge >= 0.3 is 0 Å². The lowest BCUT2D eigenvalue weighted by Gasteiger charge is -2.13. The van der Waals surface area contributed by atoms with Crippen molar-refractivity contribution < 1.29 is 4.39 Å². The lowest BCUT2D eigenvalue weighted by atomic mass is 10.1. The Labute approximate surface area is 91.7 Å². The SMILES string of the molecule is CCCCCNC(C)c1cccc(F)c1. The van der Waals surface area contributed by atoms with E-state index in [-0.39, 0.29) is 11.9 Å². The van der Waals surface area contributed by atoms with Crippen LogP contribution in [-0.2, 0) is 0 Å². The molecule has 0 aliphatic heterocycles. The van der Waals surface area contributed by atoms with Gasteiger partial charge in [0.25, 0.3) is 0 Å². The molecular formula is C13H20FN. The molecule has 1 aromatic rings. The topological polar surface area (TPSA) is 12.0 Å². The van der Waals surface area contributed by atoms with Crippen LogP contribution in [0.15, 0.2) is 24.3 Å². The molecule has 1 N–H and O–H groups in total. The Balaban J connectivity index is 2.36. The molecule has 84 valence electrons. The van der Waals surface area contributed by atoms with Gasteiger partial charge in [0, 0.05) is 6.04 Å². The van der Waals surface area contributed by atoms with Gasteiger partial charge in [0.1, 0.15) is 5.82 Å². The van der Waals surface area contributed by atoms with Crippen molar-refractivity contribution in [3.63, 3.8) is 0 Å². The average Bonchev–Trinajstić information content (AvgIpc) is 2.24. The second-order valence-corrected chi connectivity index (χ2v) is 3.94. The predicted molar refractivity (Wildman–Crippen MR) is 62.3 cm³/mol. The van der Waals surface area contributed by atoms with Gasteiger partial charge in [0.2, 0.25) is 0 Å². The summed E-state index contributed by atoms with van der Waals surface area (Å²) < 4.78 is 12.9. The summed E-state index contributed by atoms with van der Waals surface area (Å²) in [5.74, 6) is -0.158. The summed E-state index contributed by atoms with van der Waals surface area (Å²) in [7, 11) is 0. The molecule has 1 rings (SSSR count). The summed E-state index contributed by atoms with van der Waals surface area (Å²) in [6.45, 7) is 5.27. The highest BCUT2D eigenvalue weighted by molar-refractivity contribution is 5.19. The molecule has 2 heteroatoms. The molecule has 1 nitrogen and oxygen atoms in total. The van der Waals surface area contributed by atoms with E-state index >= 15 is 0 Å². The lowest BCUT2D eigenvalue weighted by Crippen LogP contribution is -2.19. The molecular weight excluding hydrogens is 189 g/mol. The molecule has 0 aromatic heterocycles. The van der Waals surface area contributed by atoms with Gasteiger partial charge < -0.3 is 5.32 Å². The van der Waals surface area contributed by atoms with E-state index in [4.69, 9.17) is 0 Å². The van der Waals surface area contributed by atoms with E-state index in [0.717, 1.165) is 12.1 Å². The summed E-state index contributed by atoms with van der Waals surface area (Å²) in [6, 6.07) is 7.03. The molecule has 0 radical (unpaired) electrons. The third kappa shape index (κ3) is 4.43. The fourth-order valence-corrected chi connectivity index (χ4v) is 1.59. The Bertz CT molecular complexity index is 286. The molecule has 1 unspecified atom stereocenters. The van der Waals surface area contributed by atoms with E-state index in [9.17, 15) is 4.39 Å².